The quantitative estimate of drug-likeness (QED) is 0.881. The molecule has 2 heterocycles. The van der Waals surface area contributed by atoms with Gasteiger partial charge >= 0.3 is 0 Å². The molecule has 0 aliphatic carbocycles. The van der Waals surface area contributed by atoms with Gasteiger partial charge < -0.3 is 5.32 Å². The maximum absolute atomic E-state index is 4.34. The van der Waals surface area contributed by atoms with E-state index in [1.807, 2.05) is 25.0 Å². The van der Waals surface area contributed by atoms with E-state index < -0.39 is 0 Å². The lowest BCUT2D eigenvalue weighted by molar-refractivity contribution is 0.574. The third-order valence-electron chi connectivity index (χ3n) is 3.83. The Hall–Kier alpha value is -1.30. The minimum absolute atomic E-state index is 0.263. The Morgan fingerprint density at radius 2 is 2.05 bits per heavy atom. The van der Waals surface area contributed by atoms with Crippen molar-refractivity contribution in [2.75, 3.05) is 18.1 Å². The Morgan fingerprint density at radius 3 is 2.68 bits per heavy atom. The van der Waals surface area contributed by atoms with Gasteiger partial charge in [0.2, 0.25) is 0 Å². The van der Waals surface area contributed by atoms with Crippen molar-refractivity contribution in [3.63, 3.8) is 0 Å². The molecule has 2 rings (SSSR count). The fourth-order valence-electron chi connectivity index (χ4n) is 2.21. The van der Waals surface area contributed by atoms with E-state index in [0.29, 0.717) is 0 Å². The average Bonchev–Trinajstić information content (AvgIpc) is 2.84. The molecule has 0 unspecified atom stereocenters. The number of rotatable bonds is 6. The van der Waals surface area contributed by atoms with Crippen LogP contribution in [0.25, 0.3) is 11.0 Å². The van der Waals surface area contributed by atoms with E-state index in [1.54, 1.807) is 11.0 Å². The number of hydrogen-bond donors (Lipinski definition) is 1. The first-order valence-electron chi connectivity index (χ1n) is 6.57. The summed E-state index contributed by atoms with van der Waals surface area (Å²) < 4.78 is 2.03. The number of hydrogen-bond acceptors (Lipinski definition) is 5. The van der Waals surface area contributed by atoms with E-state index in [4.69, 9.17) is 0 Å². The van der Waals surface area contributed by atoms with Crippen molar-refractivity contribution in [3.05, 3.63) is 12.5 Å². The second kappa shape index (κ2) is 5.77. The zero-order valence-electron chi connectivity index (χ0n) is 12.0. The van der Waals surface area contributed by atoms with Gasteiger partial charge in [-0.2, -0.15) is 16.9 Å². The van der Waals surface area contributed by atoms with Gasteiger partial charge in [-0.15, -0.1) is 0 Å². The molecule has 2 aromatic heterocycles. The van der Waals surface area contributed by atoms with Gasteiger partial charge in [0.15, 0.2) is 5.65 Å². The van der Waals surface area contributed by atoms with Gasteiger partial charge in [-0.05, 0) is 19.1 Å². The summed E-state index contributed by atoms with van der Waals surface area (Å²) in [5, 5.41) is 8.68. The highest BCUT2D eigenvalue weighted by Crippen LogP contribution is 2.31. The van der Waals surface area contributed by atoms with Gasteiger partial charge in [0.05, 0.1) is 11.6 Å². The van der Waals surface area contributed by atoms with Gasteiger partial charge in [-0.3, -0.25) is 4.68 Å². The molecule has 0 fully saturated rings. The molecule has 0 atom stereocenters. The maximum atomic E-state index is 4.34. The topological polar surface area (TPSA) is 55.6 Å². The molecule has 19 heavy (non-hydrogen) atoms. The summed E-state index contributed by atoms with van der Waals surface area (Å²) in [5.41, 5.74) is 0.861. The predicted octanol–water partition coefficient (Wildman–Crippen LogP) is 2.70. The van der Waals surface area contributed by atoms with Crippen molar-refractivity contribution in [1.82, 2.24) is 19.7 Å². The van der Waals surface area contributed by atoms with Crippen molar-refractivity contribution in [2.45, 2.75) is 31.4 Å². The zero-order chi connectivity index (χ0) is 13.9. The van der Waals surface area contributed by atoms with Gasteiger partial charge in [-0.1, -0.05) is 13.8 Å². The van der Waals surface area contributed by atoms with Gasteiger partial charge in [0.25, 0.3) is 0 Å². The van der Waals surface area contributed by atoms with Crippen molar-refractivity contribution in [2.24, 2.45) is 7.05 Å². The molecule has 0 aliphatic heterocycles. The Morgan fingerprint density at radius 1 is 1.32 bits per heavy atom. The van der Waals surface area contributed by atoms with Crippen molar-refractivity contribution in [3.8, 4) is 0 Å². The molecule has 0 aliphatic rings. The van der Waals surface area contributed by atoms with Crippen LogP contribution in [-0.2, 0) is 7.05 Å². The molecule has 5 nitrogen and oxygen atoms in total. The molecule has 2 aromatic rings. The zero-order valence-corrected chi connectivity index (χ0v) is 12.8. The van der Waals surface area contributed by atoms with Crippen LogP contribution >= 0.6 is 11.8 Å². The lowest BCUT2D eigenvalue weighted by Gasteiger charge is -2.30. The Balaban J connectivity index is 2.22. The number of aryl methyl sites for hydroxylation is 1. The summed E-state index contributed by atoms with van der Waals surface area (Å²) in [6, 6.07) is 0. The highest BCUT2D eigenvalue weighted by Gasteiger charge is 2.25. The van der Waals surface area contributed by atoms with Crippen LogP contribution in [0.2, 0.25) is 0 Å². The standard InChI is InChI=1S/C13H21N5S/c1-5-13(6-2,19-4)8-14-11-10-7-17-18(3)12(10)16-9-15-11/h7,9H,5-6,8H2,1-4H3,(H,14,15,16). The molecule has 0 radical (unpaired) electrons. The van der Waals surface area contributed by atoms with Crippen LogP contribution in [0.3, 0.4) is 0 Å². The molecule has 0 bridgehead atoms. The molecule has 1 N–H and O–H groups in total. The number of nitrogens with one attached hydrogen (secondary N) is 1. The SMILES string of the molecule is CCC(CC)(CNc1ncnc2c1cnn2C)SC. The maximum Gasteiger partial charge on any atom is 0.163 e. The summed E-state index contributed by atoms with van der Waals surface area (Å²) >= 11 is 1.92. The number of nitrogens with zero attached hydrogens (tertiary/aromatic N) is 4. The van der Waals surface area contributed by atoms with Gasteiger partial charge in [0.1, 0.15) is 12.1 Å². The minimum Gasteiger partial charge on any atom is -0.368 e. The summed E-state index contributed by atoms with van der Waals surface area (Å²) in [6.45, 7) is 5.38. The molecule has 0 saturated heterocycles. The third-order valence-corrected chi connectivity index (χ3v) is 5.42. The van der Waals surface area contributed by atoms with E-state index in [9.17, 15) is 0 Å². The van der Waals surface area contributed by atoms with Crippen LogP contribution in [0.1, 0.15) is 26.7 Å². The number of fused-ring (bicyclic) bond motifs is 1. The van der Waals surface area contributed by atoms with Crippen molar-refractivity contribution in [1.29, 1.82) is 0 Å². The predicted molar refractivity (Wildman–Crippen MR) is 81.6 cm³/mol. The summed E-state index contributed by atoms with van der Waals surface area (Å²) in [5.74, 6) is 0.874. The molecule has 0 aromatic carbocycles. The second-order valence-corrected chi connectivity index (χ2v) is 5.95. The highest BCUT2D eigenvalue weighted by molar-refractivity contribution is 8.00. The van der Waals surface area contributed by atoms with E-state index in [1.165, 1.54) is 0 Å². The third kappa shape index (κ3) is 2.68. The smallest absolute Gasteiger partial charge is 0.163 e. The number of thioether (sulfide) groups is 1. The van der Waals surface area contributed by atoms with Crippen molar-refractivity contribution < 1.29 is 0 Å². The van der Waals surface area contributed by atoms with E-state index in [-0.39, 0.29) is 4.75 Å². The summed E-state index contributed by atoms with van der Waals surface area (Å²) in [6.07, 6.45) is 7.85. The molecule has 6 heteroatoms. The molecule has 0 saturated carbocycles. The second-order valence-electron chi connectivity index (χ2n) is 4.68. The van der Waals surface area contributed by atoms with E-state index in [0.717, 1.165) is 36.2 Å². The molecular weight excluding hydrogens is 258 g/mol. The average molecular weight is 279 g/mol. The fourth-order valence-corrected chi connectivity index (χ4v) is 3.00. The van der Waals surface area contributed by atoms with E-state index in [2.05, 4.69) is 40.5 Å². The molecular formula is C13H21N5S. The Labute approximate surface area is 118 Å². The number of aromatic nitrogens is 4. The van der Waals surface area contributed by atoms with Crippen LogP contribution in [-0.4, -0.2) is 37.3 Å². The van der Waals surface area contributed by atoms with Gasteiger partial charge in [-0.25, -0.2) is 9.97 Å². The highest BCUT2D eigenvalue weighted by atomic mass is 32.2. The molecule has 0 spiro atoms. The first-order valence-corrected chi connectivity index (χ1v) is 7.80. The fraction of sp³-hybridized carbons (Fsp3) is 0.615. The van der Waals surface area contributed by atoms with Crippen LogP contribution in [0.4, 0.5) is 5.82 Å². The van der Waals surface area contributed by atoms with Crippen molar-refractivity contribution >= 4 is 28.6 Å². The first-order chi connectivity index (χ1) is 9.15. The minimum atomic E-state index is 0.263. The van der Waals surface area contributed by atoms with Crippen LogP contribution in [0, 0.1) is 0 Å². The van der Waals surface area contributed by atoms with E-state index >= 15 is 0 Å². The van der Waals surface area contributed by atoms with Crippen LogP contribution < -0.4 is 5.32 Å². The summed E-state index contributed by atoms with van der Waals surface area (Å²) in [4.78, 5) is 8.59. The van der Waals surface area contributed by atoms with Crippen LogP contribution in [0.15, 0.2) is 12.5 Å². The Bertz CT molecular complexity index is 539. The lowest BCUT2D eigenvalue weighted by atomic mass is 10.0. The van der Waals surface area contributed by atoms with Crippen LogP contribution in [0.5, 0.6) is 0 Å². The number of anilines is 1. The first kappa shape index (κ1) is 14.1. The van der Waals surface area contributed by atoms with Gasteiger partial charge in [0, 0.05) is 18.3 Å². The molecule has 0 amide bonds. The lowest BCUT2D eigenvalue weighted by Crippen LogP contribution is -2.32. The normalized spacial score (nSPS) is 12.0. The molecule has 104 valence electrons. The Kier molecular flexibility index (Phi) is 4.29. The largest absolute Gasteiger partial charge is 0.368 e. The summed E-state index contributed by atoms with van der Waals surface area (Å²) in [7, 11) is 1.89. The monoisotopic (exact) mass is 279 g/mol.